The average molecular weight is 379 g/mol. The van der Waals surface area contributed by atoms with Crippen molar-refractivity contribution in [2.24, 2.45) is 0 Å². The maximum absolute atomic E-state index is 12.0. The number of rotatable bonds is 5. The molecule has 0 radical (unpaired) electrons. The predicted molar refractivity (Wildman–Crippen MR) is 93.4 cm³/mol. The minimum atomic E-state index is -0.642. The number of hydrogen-bond acceptors (Lipinski definition) is 5. The molecule has 7 heteroatoms. The molecular formula is C18H12Cl2O5. The van der Waals surface area contributed by atoms with E-state index in [-0.39, 0.29) is 17.4 Å². The van der Waals surface area contributed by atoms with Crippen molar-refractivity contribution in [3.8, 4) is 11.5 Å². The van der Waals surface area contributed by atoms with Crippen molar-refractivity contribution in [2.45, 2.75) is 0 Å². The molecule has 5 nitrogen and oxygen atoms in total. The summed E-state index contributed by atoms with van der Waals surface area (Å²) >= 11 is 11.7. The van der Waals surface area contributed by atoms with Gasteiger partial charge in [-0.2, -0.15) is 0 Å². The Kier molecular flexibility index (Phi) is 5.26. The Labute approximate surface area is 153 Å². The zero-order valence-electron chi connectivity index (χ0n) is 12.8. The molecule has 3 rings (SSSR count). The molecule has 1 heterocycles. The Morgan fingerprint density at radius 2 is 1.88 bits per heavy atom. The highest BCUT2D eigenvalue weighted by Crippen LogP contribution is 2.32. The molecule has 0 fully saturated rings. The molecule has 0 N–H and O–H groups in total. The number of ketones is 1. The van der Waals surface area contributed by atoms with Crippen LogP contribution in [0.15, 0.2) is 42.5 Å². The highest BCUT2D eigenvalue weighted by molar-refractivity contribution is 6.36. The summed E-state index contributed by atoms with van der Waals surface area (Å²) in [6.45, 7) is -0.231. The molecule has 2 aromatic carbocycles. The lowest BCUT2D eigenvalue weighted by molar-refractivity contribution is -0.136. The number of carbonyl (C=O) groups is 2. The summed E-state index contributed by atoms with van der Waals surface area (Å²) in [6.07, 6.45) is 2.79. The predicted octanol–water partition coefficient (Wildman–Crippen LogP) is 4.16. The first-order valence-electron chi connectivity index (χ1n) is 7.25. The van der Waals surface area contributed by atoms with Crippen LogP contribution in [0.2, 0.25) is 10.0 Å². The first kappa shape index (κ1) is 17.3. The molecule has 0 aliphatic carbocycles. The van der Waals surface area contributed by atoms with E-state index in [2.05, 4.69) is 0 Å². The van der Waals surface area contributed by atoms with Gasteiger partial charge in [0.2, 0.25) is 12.6 Å². The van der Waals surface area contributed by atoms with E-state index in [1.54, 1.807) is 30.3 Å². The number of benzene rings is 2. The molecule has 0 spiro atoms. The van der Waals surface area contributed by atoms with Crippen molar-refractivity contribution in [3.63, 3.8) is 0 Å². The van der Waals surface area contributed by atoms with Crippen molar-refractivity contribution in [3.05, 3.63) is 63.6 Å². The second-order valence-electron chi connectivity index (χ2n) is 5.10. The van der Waals surface area contributed by atoms with Crippen LogP contribution in [0.3, 0.4) is 0 Å². The number of esters is 1. The molecule has 1 aliphatic heterocycles. The van der Waals surface area contributed by atoms with Crippen LogP contribution < -0.4 is 9.47 Å². The Balaban J connectivity index is 1.56. The first-order valence-corrected chi connectivity index (χ1v) is 8.01. The van der Waals surface area contributed by atoms with Crippen molar-refractivity contribution in [2.75, 3.05) is 13.4 Å². The fourth-order valence-corrected chi connectivity index (χ4v) is 2.67. The van der Waals surface area contributed by atoms with Crippen LogP contribution in [0.25, 0.3) is 6.08 Å². The summed E-state index contributed by atoms with van der Waals surface area (Å²) in [5.74, 6) is 0.218. The average Bonchev–Trinajstić information content (AvgIpc) is 3.05. The maximum atomic E-state index is 12.0. The van der Waals surface area contributed by atoms with Crippen LogP contribution in [-0.4, -0.2) is 25.2 Å². The van der Waals surface area contributed by atoms with Crippen LogP contribution in [0, 0.1) is 0 Å². The molecular weight excluding hydrogens is 367 g/mol. The van der Waals surface area contributed by atoms with Crippen molar-refractivity contribution < 1.29 is 23.8 Å². The van der Waals surface area contributed by atoms with Crippen LogP contribution in [0.1, 0.15) is 15.9 Å². The van der Waals surface area contributed by atoms with Crippen molar-refractivity contribution in [1.29, 1.82) is 0 Å². The van der Waals surface area contributed by atoms with Gasteiger partial charge in [0, 0.05) is 16.7 Å². The van der Waals surface area contributed by atoms with Gasteiger partial charge < -0.3 is 14.2 Å². The summed E-state index contributed by atoms with van der Waals surface area (Å²) in [5.41, 5.74) is 0.992. The third-order valence-electron chi connectivity index (χ3n) is 3.39. The van der Waals surface area contributed by atoms with Crippen LogP contribution in [0.4, 0.5) is 0 Å². The molecule has 0 aromatic heterocycles. The molecule has 0 amide bonds. The molecule has 0 bridgehead atoms. The molecule has 0 saturated heterocycles. The van der Waals surface area contributed by atoms with E-state index in [1.165, 1.54) is 18.2 Å². The van der Waals surface area contributed by atoms with Gasteiger partial charge in [-0.25, -0.2) is 4.79 Å². The number of fused-ring (bicyclic) bond motifs is 1. The molecule has 0 unspecified atom stereocenters. The van der Waals surface area contributed by atoms with E-state index in [4.69, 9.17) is 37.4 Å². The number of ether oxygens (including phenoxy) is 3. The summed E-state index contributed by atoms with van der Waals surface area (Å²) in [7, 11) is 0. The number of carbonyl (C=O) groups excluding carboxylic acids is 2. The van der Waals surface area contributed by atoms with Gasteiger partial charge in [-0.1, -0.05) is 29.3 Å². The normalized spacial score (nSPS) is 12.4. The largest absolute Gasteiger partial charge is 0.454 e. The summed E-state index contributed by atoms with van der Waals surface area (Å²) < 4.78 is 15.4. The SMILES string of the molecule is O=C(C=Cc1ccc2c(c1)OCO2)OCC(=O)c1ccc(Cl)cc1Cl. The number of hydrogen-bond donors (Lipinski definition) is 0. The van der Waals surface area contributed by atoms with Gasteiger partial charge in [0.15, 0.2) is 18.1 Å². The monoisotopic (exact) mass is 378 g/mol. The zero-order chi connectivity index (χ0) is 17.8. The number of Topliss-reactive ketones (excluding diaryl/α,β-unsaturated/α-hetero) is 1. The lowest BCUT2D eigenvalue weighted by atomic mass is 10.1. The van der Waals surface area contributed by atoms with E-state index < -0.39 is 18.4 Å². The zero-order valence-corrected chi connectivity index (χ0v) is 14.3. The van der Waals surface area contributed by atoms with Crippen LogP contribution in [0.5, 0.6) is 11.5 Å². The second kappa shape index (κ2) is 7.59. The minimum Gasteiger partial charge on any atom is -0.454 e. The third kappa shape index (κ3) is 4.32. The van der Waals surface area contributed by atoms with E-state index in [0.29, 0.717) is 16.5 Å². The highest BCUT2D eigenvalue weighted by atomic mass is 35.5. The van der Waals surface area contributed by atoms with Gasteiger partial charge in [0.25, 0.3) is 0 Å². The summed E-state index contributed by atoms with van der Waals surface area (Å²) in [6, 6.07) is 9.75. The number of halogens is 2. The van der Waals surface area contributed by atoms with Crippen molar-refractivity contribution in [1.82, 2.24) is 0 Å². The Morgan fingerprint density at radius 1 is 1.08 bits per heavy atom. The molecule has 0 saturated carbocycles. The summed E-state index contributed by atoms with van der Waals surface area (Å²) in [5, 5.41) is 0.634. The van der Waals surface area contributed by atoms with Crippen molar-refractivity contribution >= 4 is 41.0 Å². The maximum Gasteiger partial charge on any atom is 0.331 e. The minimum absolute atomic E-state index is 0.180. The van der Waals surface area contributed by atoms with E-state index in [0.717, 1.165) is 5.56 Å². The topological polar surface area (TPSA) is 61.8 Å². The fourth-order valence-electron chi connectivity index (χ4n) is 2.16. The smallest absolute Gasteiger partial charge is 0.331 e. The third-order valence-corrected chi connectivity index (χ3v) is 3.93. The standard InChI is InChI=1S/C18H12Cl2O5/c19-12-3-4-13(14(20)8-12)15(21)9-23-18(22)6-2-11-1-5-16-17(7-11)25-10-24-16/h1-8H,9-10H2. The van der Waals surface area contributed by atoms with Crippen LogP contribution >= 0.6 is 23.2 Å². The quantitative estimate of drug-likeness (QED) is 0.444. The molecule has 25 heavy (non-hydrogen) atoms. The first-order chi connectivity index (χ1) is 12.0. The lowest BCUT2D eigenvalue weighted by Gasteiger charge is -2.04. The van der Waals surface area contributed by atoms with Gasteiger partial charge in [-0.05, 0) is 42.0 Å². The summed E-state index contributed by atoms with van der Waals surface area (Å²) in [4.78, 5) is 23.8. The van der Waals surface area contributed by atoms with E-state index in [1.807, 2.05) is 0 Å². The highest BCUT2D eigenvalue weighted by Gasteiger charge is 2.14. The van der Waals surface area contributed by atoms with Crippen LogP contribution in [-0.2, 0) is 9.53 Å². The molecule has 0 atom stereocenters. The Morgan fingerprint density at radius 3 is 2.68 bits per heavy atom. The van der Waals surface area contributed by atoms with Gasteiger partial charge in [-0.15, -0.1) is 0 Å². The van der Waals surface area contributed by atoms with Gasteiger partial charge in [-0.3, -0.25) is 4.79 Å². The van der Waals surface area contributed by atoms with Gasteiger partial charge >= 0.3 is 5.97 Å². The molecule has 128 valence electrons. The molecule has 1 aliphatic rings. The van der Waals surface area contributed by atoms with Gasteiger partial charge in [0.1, 0.15) is 0 Å². The molecule has 2 aromatic rings. The van der Waals surface area contributed by atoms with E-state index >= 15 is 0 Å². The Bertz CT molecular complexity index is 861. The Hall–Kier alpha value is -2.50. The second-order valence-corrected chi connectivity index (χ2v) is 5.94. The van der Waals surface area contributed by atoms with E-state index in [9.17, 15) is 9.59 Å². The fraction of sp³-hybridized carbons (Fsp3) is 0.111. The van der Waals surface area contributed by atoms with Gasteiger partial charge in [0.05, 0.1) is 5.02 Å². The lowest BCUT2D eigenvalue weighted by Crippen LogP contribution is -2.13.